The van der Waals surface area contributed by atoms with Gasteiger partial charge < -0.3 is 15.2 Å². The molecular weight excluding hydrogens is 416 g/mol. The second-order valence-corrected chi connectivity index (χ2v) is 8.19. The minimum absolute atomic E-state index is 0.00138. The predicted octanol–water partition coefficient (Wildman–Crippen LogP) is 5.22. The Hall–Kier alpha value is -4.06. The molecule has 6 heteroatoms. The number of carbonyl (C=O) groups excluding carboxylic acids is 2. The molecule has 0 saturated heterocycles. The minimum atomic E-state index is -0.675. The van der Waals surface area contributed by atoms with E-state index in [2.05, 4.69) is 5.32 Å². The third kappa shape index (κ3) is 3.63. The number of Topliss-reactive ketones (excluding diaryl/α,β-unsaturated/α-hetero) is 1. The van der Waals surface area contributed by atoms with Crippen LogP contribution in [0.5, 0.6) is 11.5 Å². The molecule has 0 radical (unpaired) electrons. The highest BCUT2D eigenvalue weighted by Gasteiger charge is 2.40. The number of amides is 1. The second-order valence-electron chi connectivity index (χ2n) is 8.19. The highest BCUT2D eigenvalue weighted by Crippen LogP contribution is 2.46. The number of aromatic hydroxyl groups is 1. The Bertz CT molecular complexity index is 1270. The first-order valence-corrected chi connectivity index (χ1v) is 11.0. The number of phenolic OH excluding ortho intramolecular Hbond substituents is 1. The maximum Gasteiger partial charge on any atom is 0.259 e. The fraction of sp³-hybridized carbons (Fsp3) is 0.185. The molecule has 1 heterocycles. The maximum atomic E-state index is 14.0. The van der Waals surface area contributed by atoms with E-state index in [1.54, 1.807) is 29.2 Å². The van der Waals surface area contributed by atoms with Crippen LogP contribution in [0.25, 0.3) is 0 Å². The Kier molecular flexibility index (Phi) is 5.34. The monoisotopic (exact) mass is 440 g/mol. The van der Waals surface area contributed by atoms with E-state index < -0.39 is 6.04 Å². The van der Waals surface area contributed by atoms with E-state index in [0.29, 0.717) is 35.2 Å². The maximum absolute atomic E-state index is 14.0. The molecular formula is C27H24N2O4. The molecule has 6 nitrogen and oxygen atoms in total. The highest BCUT2D eigenvalue weighted by atomic mass is 16.5. The zero-order valence-corrected chi connectivity index (χ0v) is 18.2. The van der Waals surface area contributed by atoms with Crippen LogP contribution in [-0.4, -0.2) is 23.9 Å². The molecule has 5 rings (SSSR count). The SMILES string of the molecule is COc1cc([C@@H]2C3=C(CCCC3=O)Nc3ccccc3N2C(=O)c2ccccc2)ccc1O. The number of methoxy groups -OCH3 is 1. The summed E-state index contributed by atoms with van der Waals surface area (Å²) in [5, 5.41) is 13.6. The molecule has 166 valence electrons. The first-order chi connectivity index (χ1) is 16.1. The first-order valence-electron chi connectivity index (χ1n) is 11.0. The summed E-state index contributed by atoms with van der Waals surface area (Å²) in [5.74, 6) is 0.0856. The Morgan fingerprint density at radius 3 is 2.58 bits per heavy atom. The van der Waals surface area contributed by atoms with Crippen LogP contribution in [-0.2, 0) is 4.79 Å². The van der Waals surface area contributed by atoms with Gasteiger partial charge >= 0.3 is 0 Å². The average molecular weight is 440 g/mol. The molecule has 1 amide bonds. The number of hydrogen-bond acceptors (Lipinski definition) is 5. The van der Waals surface area contributed by atoms with Gasteiger partial charge in [-0.05, 0) is 54.8 Å². The number of ether oxygens (including phenoxy) is 1. The van der Waals surface area contributed by atoms with Gasteiger partial charge in [0, 0.05) is 23.3 Å². The molecule has 1 aliphatic carbocycles. The van der Waals surface area contributed by atoms with Gasteiger partial charge in [0.1, 0.15) is 0 Å². The number of fused-ring (bicyclic) bond motifs is 1. The van der Waals surface area contributed by atoms with E-state index in [0.717, 1.165) is 17.8 Å². The molecule has 0 aromatic heterocycles. The smallest absolute Gasteiger partial charge is 0.259 e. The third-order valence-corrected chi connectivity index (χ3v) is 6.20. The summed E-state index contributed by atoms with van der Waals surface area (Å²) in [6.45, 7) is 0. The fourth-order valence-corrected chi connectivity index (χ4v) is 4.66. The lowest BCUT2D eigenvalue weighted by atomic mass is 9.85. The first kappa shape index (κ1) is 20.8. The number of anilines is 2. The van der Waals surface area contributed by atoms with Crippen molar-refractivity contribution in [3.05, 3.63) is 95.2 Å². The van der Waals surface area contributed by atoms with E-state index in [9.17, 15) is 14.7 Å². The summed E-state index contributed by atoms with van der Waals surface area (Å²) in [5.41, 5.74) is 4.09. The van der Waals surface area contributed by atoms with Crippen molar-refractivity contribution in [2.24, 2.45) is 0 Å². The molecule has 3 aromatic carbocycles. The van der Waals surface area contributed by atoms with Gasteiger partial charge in [-0.15, -0.1) is 0 Å². The lowest BCUT2D eigenvalue weighted by molar-refractivity contribution is -0.116. The molecule has 1 aliphatic heterocycles. The van der Waals surface area contributed by atoms with Crippen LogP contribution in [0.4, 0.5) is 11.4 Å². The van der Waals surface area contributed by atoms with E-state index >= 15 is 0 Å². The van der Waals surface area contributed by atoms with Gasteiger partial charge in [-0.25, -0.2) is 0 Å². The number of ketones is 1. The molecule has 2 aliphatic rings. The summed E-state index contributed by atoms with van der Waals surface area (Å²) in [6, 6.07) is 21.0. The van der Waals surface area contributed by atoms with Crippen LogP contribution in [0.1, 0.15) is 41.2 Å². The fourth-order valence-electron chi connectivity index (χ4n) is 4.66. The van der Waals surface area contributed by atoms with Crippen molar-refractivity contribution in [2.75, 3.05) is 17.3 Å². The topological polar surface area (TPSA) is 78.9 Å². The van der Waals surface area contributed by atoms with Gasteiger partial charge in [0.05, 0.1) is 24.5 Å². The molecule has 2 N–H and O–H groups in total. The van der Waals surface area contributed by atoms with Crippen molar-refractivity contribution < 1.29 is 19.4 Å². The Labute approximate surface area is 192 Å². The Morgan fingerprint density at radius 2 is 1.79 bits per heavy atom. The molecule has 0 fully saturated rings. The van der Waals surface area contributed by atoms with Crippen LogP contribution in [0, 0.1) is 0 Å². The zero-order valence-electron chi connectivity index (χ0n) is 18.2. The third-order valence-electron chi connectivity index (χ3n) is 6.20. The number of hydrogen-bond donors (Lipinski definition) is 2. The van der Waals surface area contributed by atoms with Crippen LogP contribution in [0.3, 0.4) is 0 Å². The van der Waals surface area contributed by atoms with Gasteiger partial charge in [0.25, 0.3) is 5.91 Å². The van der Waals surface area contributed by atoms with Gasteiger partial charge in [-0.3, -0.25) is 14.5 Å². The Morgan fingerprint density at radius 1 is 1.03 bits per heavy atom. The number of nitrogens with zero attached hydrogens (tertiary/aromatic N) is 1. The van der Waals surface area contributed by atoms with Crippen molar-refractivity contribution in [1.82, 2.24) is 0 Å². The molecule has 0 saturated carbocycles. The Balaban J connectivity index is 1.79. The molecule has 3 aromatic rings. The molecule has 1 atom stereocenters. The summed E-state index contributed by atoms with van der Waals surface area (Å²) in [4.78, 5) is 29.0. The number of allylic oxidation sites excluding steroid dienone is 1. The van der Waals surface area contributed by atoms with Crippen molar-refractivity contribution in [2.45, 2.75) is 25.3 Å². The molecule has 33 heavy (non-hydrogen) atoms. The predicted molar refractivity (Wildman–Crippen MR) is 127 cm³/mol. The summed E-state index contributed by atoms with van der Waals surface area (Å²) in [7, 11) is 1.48. The van der Waals surface area contributed by atoms with E-state index in [-0.39, 0.29) is 23.2 Å². The van der Waals surface area contributed by atoms with Gasteiger partial charge in [-0.2, -0.15) is 0 Å². The standard InChI is InChI=1S/C27H24N2O4/c1-33-24-16-18(14-15-22(24)30)26-25-20(11-7-13-23(25)31)28-19-10-5-6-12-21(19)29(26)27(32)17-8-3-2-4-9-17/h2-6,8-10,12,14-16,26,28,30H,7,11,13H2,1H3/t26-/m1/s1. The van der Waals surface area contributed by atoms with Gasteiger partial charge in [-0.1, -0.05) is 36.4 Å². The van der Waals surface area contributed by atoms with Crippen molar-refractivity contribution in [1.29, 1.82) is 0 Å². The summed E-state index contributed by atoms with van der Waals surface area (Å²) < 4.78 is 5.35. The number of para-hydroxylation sites is 2. The number of nitrogens with one attached hydrogen (secondary N) is 1. The summed E-state index contributed by atoms with van der Waals surface area (Å²) >= 11 is 0. The van der Waals surface area contributed by atoms with Crippen molar-refractivity contribution in [3.8, 4) is 11.5 Å². The molecule has 0 bridgehead atoms. The molecule has 0 spiro atoms. The molecule has 0 unspecified atom stereocenters. The number of benzene rings is 3. The van der Waals surface area contributed by atoms with Gasteiger partial charge in [0.15, 0.2) is 17.3 Å². The zero-order chi connectivity index (χ0) is 22.9. The number of phenols is 1. The van der Waals surface area contributed by atoms with Crippen LogP contribution >= 0.6 is 0 Å². The minimum Gasteiger partial charge on any atom is -0.504 e. The van der Waals surface area contributed by atoms with Crippen LogP contribution in [0.15, 0.2) is 84.1 Å². The average Bonchev–Trinajstić information content (AvgIpc) is 2.99. The summed E-state index contributed by atoms with van der Waals surface area (Å²) in [6.07, 6.45) is 1.90. The van der Waals surface area contributed by atoms with Gasteiger partial charge in [0.2, 0.25) is 0 Å². The van der Waals surface area contributed by atoms with E-state index in [1.165, 1.54) is 13.2 Å². The lowest BCUT2D eigenvalue weighted by Gasteiger charge is -2.34. The van der Waals surface area contributed by atoms with E-state index in [1.807, 2.05) is 42.5 Å². The van der Waals surface area contributed by atoms with Crippen molar-refractivity contribution >= 4 is 23.1 Å². The van der Waals surface area contributed by atoms with E-state index in [4.69, 9.17) is 4.74 Å². The lowest BCUT2D eigenvalue weighted by Crippen LogP contribution is -2.38. The normalized spacial score (nSPS) is 17.5. The van der Waals surface area contributed by atoms with Crippen molar-refractivity contribution in [3.63, 3.8) is 0 Å². The number of carbonyl (C=O) groups is 2. The van der Waals surface area contributed by atoms with Crippen LogP contribution in [0.2, 0.25) is 0 Å². The quantitative estimate of drug-likeness (QED) is 0.584. The highest BCUT2D eigenvalue weighted by molar-refractivity contribution is 6.11. The number of rotatable bonds is 3. The largest absolute Gasteiger partial charge is 0.504 e. The van der Waals surface area contributed by atoms with Crippen LogP contribution < -0.4 is 15.0 Å². The second kappa shape index (κ2) is 8.47.